The fourth-order valence-corrected chi connectivity index (χ4v) is 1.69. The number of imidazole rings is 1. The molecule has 0 spiro atoms. The van der Waals surface area contributed by atoms with E-state index in [4.69, 9.17) is 5.73 Å². The van der Waals surface area contributed by atoms with E-state index < -0.39 is 0 Å². The van der Waals surface area contributed by atoms with Crippen LogP contribution in [0, 0.1) is 13.8 Å². The number of anilines is 1. The number of nitrogens with two attached hydrogens (primary N) is 1. The summed E-state index contributed by atoms with van der Waals surface area (Å²) in [6.07, 6.45) is 1.94. The van der Waals surface area contributed by atoms with E-state index >= 15 is 0 Å². The van der Waals surface area contributed by atoms with Crippen molar-refractivity contribution in [1.29, 1.82) is 0 Å². The van der Waals surface area contributed by atoms with E-state index in [1.165, 1.54) is 5.56 Å². The molecule has 2 aromatic rings. The van der Waals surface area contributed by atoms with Crippen LogP contribution in [0.3, 0.4) is 0 Å². The number of aryl methyl sites for hydroxylation is 4. The maximum Gasteiger partial charge on any atom is 0.106 e. The molecular formula is C13H17N3. The van der Waals surface area contributed by atoms with Gasteiger partial charge < -0.3 is 10.7 Å². The number of aromatic nitrogens is 2. The van der Waals surface area contributed by atoms with Crippen molar-refractivity contribution >= 4 is 5.69 Å². The Bertz CT molecular complexity index is 449. The SMILES string of the molecule is Cc1nc(CCc2ccc(N)cc2)[nH]c1C. The third-order valence-electron chi connectivity index (χ3n) is 2.81. The molecule has 0 amide bonds. The standard InChI is InChI=1S/C13H17N3/c1-9-10(2)16-13(15-9)8-5-11-3-6-12(14)7-4-11/h3-4,6-7H,5,8,14H2,1-2H3,(H,15,16). The summed E-state index contributed by atoms with van der Waals surface area (Å²) in [4.78, 5) is 7.75. The van der Waals surface area contributed by atoms with Crippen LogP contribution < -0.4 is 5.73 Å². The molecule has 16 heavy (non-hydrogen) atoms. The van der Waals surface area contributed by atoms with Gasteiger partial charge in [0.2, 0.25) is 0 Å². The molecule has 0 radical (unpaired) electrons. The number of nitrogens with one attached hydrogen (secondary N) is 1. The molecule has 0 aliphatic heterocycles. The minimum Gasteiger partial charge on any atom is -0.399 e. The molecule has 0 saturated heterocycles. The van der Waals surface area contributed by atoms with Crippen LogP contribution in [-0.2, 0) is 12.8 Å². The predicted molar refractivity (Wildman–Crippen MR) is 66.3 cm³/mol. The first kappa shape index (κ1) is 10.7. The minimum atomic E-state index is 0.813. The summed E-state index contributed by atoms with van der Waals surface area (Å²) in [6, 6.07) is 8.01. The van der Waals surface area contributed by atoms with Crippen molar-refractivity contribution in [2.24, 2.45) is 0 Å². The zero-order chi connectivity index (χ0) is 11.5. The number of rotatable bonds is 3. The third-order valence-corrected chi connectivity index (χ3v) is 2.81. The molecule has 3 nitrogen and oxygen atoms in total. The first-order chi connectivity index (χ1) is 7.65. The van der Waals surface area contributed by atoms with E-state index in [9.17, 15) is 0 Å². The second-order valence-corrected chi connectivity index (χ2v) is 4.14. The third kappa shape index (κ3) is 2.42. The van der Waals surface area contributed by atoms with Gasteiger partial charge in [-0.3, -0.25) is 0 Å². The average molecular weight is 215 g/mol. The van der Waals surface area contributed by atoms with Crippen molar-refractivity contribution in [3.63, 3.8) is 0 Å². The number of nitrogen functional groups attached to an aromatic ring is 1. The second kappa shape index (κ2) is 4.39. The lowest BCUT2D eigenvalue weighted by Gasteiger charge is -2.00. The highest BCUT2D eigenvalue weighted by molar-refractivity contribution is 5.39. The van der Waals surface area contributed by atoms with Gasteiger partial charge in [0.1, 0.15) is 5.82 Å². The van der Waals surface area contributed by atoms with E-state index in [1.54, 1.807) is 0 Å². The van der Waals surface area contributed by atoms with E-state index in [0.29, 0.717) is 0 Å². The Kier molecular flexibility index (Phi) is 2.95. The first-order valence-corrected chi connectivity index (χ1v) is 5.51. The monoisotopic (exact) mass is 215 g/mol. The molecule has 0 aliphatic carbocycles. The number of benzene rings is 1. The quantitative estimate of drug-likeness (QED) is 0.772. The van der Waals surface area contributed by atoms with Gasteiger partial charge in [-0.15, -0.1) is 0 Å². The van der Waals surface area contributed by atoms with Gasteiger partial charge in [-0.05, 0) is 38.0 Å². The lowest BCUT2D eigenvalue weighted by atomic mass is 10.1. The molecule has 0 bridgehead atoms. The van der Waals surface area contributed by atoms with Crippen molar-refractivity contribution in [3.05, 3.63) is 47.0 Å². The molecule has 1 aromatic heterocycles. The average Bonchev–Trinajstić information content (AvgIpc) is 2.58. The van der Waals surface area contributed by atoms with E-state index in [-0.39, 0.29) is 0 Å². The minimum absolute atomic E-state index is 0.813. The Balaban J connectivity index is 1.99. The predicted octanol–water partition coefficient (Wildman–Crippen LogP) is 2.39. The molecule has 1 aromatic carbocycles. The Labute approximate surface area is 95.7 Å². The highest BCUT2D eigenvalue weighted by Crippen LogP contribution is 2.09. The van der Waals surface area contributed by atoms with Crippen LogP contribution in [0.2, 0.25) is 0 Å². The number of hydrogen-bond acceptors (Lipinski definition) is 2. The number of nitrogens with zero attached hydrogens (tertiary/aromatic N) is 1. The fourth-order valence-electron chi connectivity index (χ4n) is 1.69. The van der Waals surface area contributed by atoms with E-state index in [0.717, 1.165) is 35.7 Å². The van der Waals surface area contributed by atoms with Crippen molar-refractivity contribution in [2.45, 2.75) is 26.7 Å². The van der Waals surface area contributed by atoms with Crippen molar-refractivity contribution in [3.8, 4) is 0 Å². The highest BCUT2D eigenvalue weighted by Gasteiger charge is 2.02. The smallest absolute Gasteiger partial charge is 0.106 e. The summed E-state index contributed by atoms with van der Waals surface area (Å²) >= 11 is 0. The van der Waals surface area contributed by atoms with Gasteiger partial charge in [0.05, 0.1) is 5.69 Å². The van der Waals surface area contributed by atoms with Gasteiger partial charge in [0, 0.05) is 17.8 Å². The number of H-pyrrole nitrogens is 1. The van der Waals surface area contributed by atoms with Crippen molar-refractivity contribution < 1.29 is 0 Å². The van der Waals surface area contributed by atoms with E-state index in [1.807, 2.05) is 19.1 Å². The number of aromatic amines is 1. The van der Waals surface area contributed by atoms with Crippen LogP contribution in [0.1, 0.15) is 22.8 Å². The molecule has 2 rings (SSSR count). The van der Waals surface area contributed by atoms with Gasteiger partial charge in [-0.2, -0.15) is 0 Å². The molecule has 0 atom stereocenters. The summed E-state index contributed by atoms with van der Waals surface area (Å²) in [5, 5.41) is 0. The lowest BCUT2D eigenvalue weighted by molar-refractivity contribution is 0.879. The fraction of sp³-hybridized carbons (Fsp3) is 0.308. The maximum atomic E-state index is 5.64. The highest BCUT2D eigenvalue weighted by atomic mass is 14.9. The van der Waals surface area contributed by atoms with E-state index in [2.05, 4.69) is 29.0 Å². The Morgan fingerprint density at radius 3 is 2.38 bits per heavy atom. The molecule has 0 unspecified atom stereocenters. The Morgan fingerprint density at radius 2 is 1.81 bits per heavy atom. The largest absolute Gasteiger partial charge is 0.399 e. The molecule has 0 aliphatic rings. The van der Waals surface area contributed by atoms with Crippen LogP contribution in [-0.4, -0.2) is 9.97 Å². The van der Waals surface area contributed by atoms with Crippen LogP contribution in [0.25, 0.3) is 0 Å². The van der Waals surface area contributed by atoms with Gasteiger partial charge >= 0.3 is 0 Å². The summed E-state index contributed by atoms with van der Waals surface area (Å²) in [5.74, 6) is 1.06. The summed E-state index contributed by atoms with van der Waals surface area (Å²) in [6.45, 7) is 4.08. The molecule has 84 valence electrons. The maximum absolute atomic E-state index is 5.64. The molecular weight excluding hydrogens is 198 g/mol. The molecule has 3 N–H and O–H groups in total. The zero-order valence-electron chi connectivity index (χ0n) is 9.75. The van der Waals surface area contributed by atoms with Crippen molar-refractivity contribution in [2.75, 3.05) is 5.73 Å². The second-order valence-electron chi connectivity index (χ2n) is 4.14. The number of hydrogen-bond donors (Lipinski definition) is 2. The Hall–Kier alpha value is -1.77. The molecule has 3 heteroatoms. The van der Waals surface area contributed by atoms with Crippen LogP contribution in [0.15, 0.2) is 24.3 Å². The lowest BCUT2D eigenvalue weighted by Crippen LogP contribution is -1.94. The van der Waals surface area contributed by atoms with Gasteiger partial charge in [0.15, 0.2) is 0 Å². The van der Waals surface area contributed by atoms with Gasteiger partial charge in [0.25, 0.3) is 0 Å². The first-order valence-electron chi connectivity index (χ1n) is 5.51. The molecule has 0 fully saturated rings. The van der Waals surface area contributed by atoms with Crippen LogP contribution in [0.5, 0.6) is 0 Å². The van der Waals surface area contributed by atoms with Gasteiger partial charge in [-0.1, -0.05) is 12.1 Å². The topological polar surface area (TPSA) is 54.7 Å². The van der Waals surface area contributed by atoms with Gasteiger partial charge in [-0.25, -0.2) is 4.98 Å². The van der Waals surface area contributed by atoms with Crippen LogP contribution >= 0.6 is 0 Å². The normalized spacial score (nSPS) is 10.6. The molecule has 1 heterocycles. The summed E-state index contributed by atoms with van der Waals surface area (Å²) in [5.41, 5.74) is 9.99. The summed E-state index contributed by atoms with van der Waals surface area (Å²) < 4.78 is 0. The van der Waals surface area contributed by atoms with Crippen molar-refractivity contribution in [1.82, 2.24) is 9.97 Å². The Morgan fingerprint density at radius 1 is 1.12 bits per heavy atom. The molecule has 0 saturated carbocycles. The zero-order valence-corrected chi connectivity index (χ0v) is 9.75. The van der Waals surface area contributed by atoms with Crippen LogP contribution in [0.4, 0.5) is 5.69 Å². The summed E-state index contributed by atoms with van der Waals surface area (Å²) in [7, 11) is 0.